The molecule has 0 radical (unpaired) electrons. The second-order valence-electron chi connectivity index (χ2n) is 4.72. The fourth-order valence-corrected chi connectivity index (χ4v) is 2.23. The molecule has 1 saturated carbocycles. The van der Waals surface area contributed by atoms with Gasteiger partial charge in [-0.3, -0.25) is 0 Å². The highest BCUT2D eigenvalue weighted by Crippen LogP contribution is 2.39. The van der Waals surface area contributed by atoms with Crippen LogP contribution in [0.15, 0.2) is 12.3 Å². The summed E-state index contributed by atoms with van der Waals surface area (Å²) in [6.45, 7) is 4.34. The van der Waals surface area contributed by atoms with Crippen molar-refractivity contribution in [3.05, 3.63) is 23.1 Å². The van der Waals surface area contributed by atoms with E-state index in [2.05, 4.69) is 28.4 Å². The molecule has 0 N–H and O–H groups in total. The van der Waals surface area contributed by atoms with Crippen LogP contribution in [0.5, 0.6) is 0 Å². The van der Waals surface area contributed by atoms with Crippen molar-refractivity contribution in [1.29, 1.82) is 0 Å². The van der Waals surface area contributed by atoms with E-state index in [1.807, 2.05) is 6.07 Å². The van der Waals surface area contributed by atoms with Gasteiger partial charge in [0.2, 0.25) is 0 Å². The normalized spacial score (nSPS) is 16.2. The third-order valence-corrected chi connectivity index (χ3v) is 3.16. The van der Waals surface area contributed by atoms with Gasteiger partial charge in [0, 0.05) is 18.2 Å². The molecule has 1 fully saturated rings. The number of nitrogens with zero attached hydrogens (tertiary/aromatic N) is 3. The third kappa shape index (κ3) is 1.50. The van der Waals surface area contributed by atoms with E-state index < -0.39 is 0 Å². The Balaban J connectivity index is 2.28. The van der Waals surface area contributed by atoms with Crippen LogP contribution >= 0.6 is 11.6 Å². The van der Waals surface area contributed by atoms with Crippen molar-refractivity contribution in [3.8, 4) is 0 Å². The Kier molecular flexibility index (Phi) is 2.18. The molecule has 1 aliphatic rings. The molecule has 0 amide bonds. The first kappa shape index (κ1) is 10.1. The van der Waals surface area contributed by atoms with E-state index >= 15 is 0 Å². The minimum atomic E-state index is 0.425. The van der Waals surface area contributed by atoms with Gasteiger partial charge >= 0.3 is 0 Å². The van der Waals surface area contributed by atoms with Gasteiger partial charge in [0.05, 0.1) is 5.02 Å². The van der Waals surface area contributed by atoms with Gasteiger partial charge in [-0.2, -0.15) is 0 Å². The lowest BCUT2D eigenvalue weighted by Crippen LogP contribution is -2.03. The van der Waals surface area contributed by atoms with Crippen LogP contribution in [-0.4, -0.2) is 14.5 Å². The van der Waals surface area contributed by atoms with Crippen molar-refractivity contribution in [2.75, 3.05) is 0 Å². The van der Waals surface area contributed by atoms with Crippen LogP contribution in [0.1, 0.15) is 44.5 Å². The molecule has 16 heavy (non-hydrogen) atoms. The SMILES string of the molecule is CC(C)c1nc2cc(Cl)cnc2n1C1CC1. The molecule has 84 valence electrons. The summed E-state index contributed by atoms with van der Waals surface area (Å²) in [7, 11) is 0. The number of fused-ring (bicyclic) bond motifs is 1. The van der Waals surface area contributed by atoms with Gasteiger partial charge in [-0.15, -0.1) is 0 Å². The molecule has 3 nitrogen and oxygen atoms in total. The number of imidazole rings is 1. The first-order chi connectivity index (χ1) is 7.66. The van der Waals surface area contributed by atoms with Crippen LogP contribution in [0, 0.1) is 0 Å². The lowest BCUT2D eigenvalue weighted by Gasteiger charge is -2.08. The first-order valence-electron chi connectivity index (χ1n) is 5.70. The molecule has 0 atom stereocenters. The van der Waals surface area contributed by atoms with Gasteiger partial charge in [0.15, 0.2) is 5.65 Å². The molecule has 0 spiro atoms. The summed E-state index contributed by atoms with van der Waals surface area (Å²) in [5.41, 5.74) is 1.90. The maximum atomic E-state index is 5.94. The fraction of sp³-hybridized carbons (Fsp3) is 0.500. The fourth-order valence-electron chi connectivity index (χ4n) is 2.08. The number of hydrogen-bond donors (Lipinski definition) is 0. The van der Waals surface area contributed by atoms with Crippen LogP contribution in [0.3, 0.4) is 0 Å². The Hall–Kier alpha value is -1.09. The van der Waals surface area contributed by atoms with Crippen LogP contribution in [-0.2, 0) is 0 Å². The number of aromatic nitrogens is 3. The lowest BCUT2D eigenvalue weighted by atomic mass is 10.2. The standard InChI is InChI=1S/C12H14ClN3/c1-7(2)11-15-10-5-8(13)6-14-12(10)16(11)9-3-4-9/h5-7,9H,3-4H2,1-2H3. The Morgan fingerprint density at radius 1 is 1.44 bits per heavy atom. The van der Waals surface area contributed by atoms with Gasteiger partial charge in [-0.25, -0.2) is 9.97 Å². The van der Waals surface area contributed by atoms with Crippen LogP contribution in [0.4, 0.5) is 0 Å². The smallest absolute Gasteiger partial charge is 0.160 e. The monoisotopic (exact) mass is 235 g/mol. The average Bonchev–Trinajstić information content (AvgIpc) is 2.99. The summed E-state index contributed by atoms with van der Waals surface area (Å²) in [5.74, 6) is 1.56. The zero-order valence-corrected chi connectivity index (χ0v) is 10.2. The van der Waals surface area contributed by atoms with Crippen molar-refractivity contribution < 1.29 is 0 Å². The predicted molar refractivity (Wildman–Crippen MR) is 64.9 cm³/mol. The molecule has 1 aliphatic carbocycles. The Labute approximate surface area is 99.5 Å². The van der Waals surface area contributed by atoms with E-state index in [1.54, 1.807) is 6.20 Å². The predicted octanol–water partition coefficient (Wildman–Crippen LogP) is 3.54. The van der Waals surface area contributed by atoms with E-state index in [4.69, 9.17) is 11.6 Å². The van der Waals surface area contributed by atoms with Crippen LogP contribution in [0.2, 0.25) is 5.02 Å². The zero-order chi connectivity index (χ0) is 11.3. The van der Waals surface area contributed by atoms with Crippen molar-refractivity contribution in [3.63, 3.8) is 0 Å². The summed E-state index contributed by atoms with van der Waals surface area (Å²) < 4.78 is 2.29. The van der Waals surface area contributed by atoms with Crippen molar-refractivity contribution in [2.45, 2.75) is 38.6 Å². The van der Waals surface area contributed by atoms with Gasteiger partial charge in [0.25, 0.3) is 0 Å². The van der Waals surface area contributed by atoms with Gasteiger partial charge < -0.3 is 4.57 Å². The van der Waals surface area contributed by atoms with E-state index in [9.17, 15) is 0 Å². The average molecular weight is 236 g/mol. The number of hydrogen-bond acceptors (Lipinski definition) is 2. The molecular weight excluding hydrogens is 222 g/mol. The summed E-state index contributed by atoms with van der Waals surface area (Å²) >= 11 is 5.94. The Morgan fingerprint density at radius 2 is 2.19 bits per heavy atom. The number of halogens is 1. The summed E-state index contributed by atoms with van der Waals surface area (Å²) in [6, 6.07) is 2.50. The van der Waals surface area contributed by atoms with E-state index in [-0.39, 0.29) is 0 Å². The zero-order valence-electron chi connectivity index (χ0n) is 9.44. The Bertz CT molecular complexity index is 540. The van der Waals surface area contributed by atoms with Crippen LogP contribution in [0.25, 0.3) is 11.2 Å². The summed E-state index contributed by atoms with van der Waals surface area (Å²) in [5, 5.41) is 0.656. The quantitative estimate of drug-likeness (QED) is 0.797. The van der Waals surface area contributed by atoms with Crippen molar-refractivity contribution in [2.24, 2.45) is 0 Å². The first-order valence-corrected chi connectivity index (χ1v) is 6.08. The molecule has 2 aromatic heterocycles. The second-order valence-corrected chi connectivity index (χ2v) is 5.16. The second kappa shape index (κ2) is 3.45. The minimum absolute atomic E-state index is 0.425. The summed E-state index contributed by atoms with van der Waals surface area (Å²) in [6.07, 6.45) is 4.19. The maximum absolute atomic E-state index is 5.94. The maximum Gasteiger partial charge on any atom is 0.160 e. The molecule has 0 saturated heterocycles. The highest BCUT2D eigenvalue weighted by atomic mass is 35.5. The molecule has 0 unspecified atom stereocenters. The minimum Gasteiger partial charge on any atom is -0.309 e. The summed E-state index contributed by atoms with van der Waals surface area (Å²) in [4.78, 5) is 9.06. The molecule has 0 aromatic carbocycles. The van der Waals surface area contributed by atoms with Gasteiger partial charge in [0.1, 0.15) is 11.3 Å². The van der Waals surface area contributed by atoms with Crippen LogP contribution < -0.4 is 0 Å². The molecule has 4 heteroatoms. The largest absolute Gasteiger partial charge is 0.309 e. The van der Waals surface area contributed by atoms with Gasteiger partial charge in [-0.1, -0.05) is 25.4 Å². The molecular formula is C12H14ClN3. The highest BCUT2D eigenvalue weighted by molar-refractivity contribution is 6.31. The van der Waals surface area contributed by atoms with E-state index in [0.29, 0.717) is 17.0 Å². The number of rotatable bonds is 2. The van der Waals surface area contributed by atoms with Crippen molar-refractivity contribution >= 4 is 22.8 Å². The Morgan fingerprint density at radius 3 is 2.81 bits per heavy atom. The number of pyridine rings is 1. The molecule has 2 aromatic rings. The topological polar surface area (TPSA) is 30.7 Å². The molecule has 0 bridgehead atoms. The lowest BCUT2D eigenvalue weighted by molar-refractivity contribution is 0.650. The molecule has 0 aliphatic heterocycles. The van der Waals surface area contributed by atoms with E-state index in [0.717, 1.165) is 17.0 Å². The van der Waals surface area contributed by atoms with E-state index in [1.165, 1.54) is 12.8 Å². The third-order valence-electron chi connectivity index (χ3n) is 2.95. The van der Waals surface area contributed by atoms with Crippen molar-refractivity contribution in [1.82, 2.24) is 14.5 Å². The molecule has 2 heterocycles. The van der Waals surface area contributed by atoms with Gasteiger partial charge in [-0.05, 0) is 18.9 Å². The highest BCUT2D eigenvalue weighted by Gasteiger charge is 2.29. The molecule has 3 rings (SSSR count).